The highest BCUT2D eigenvalue weighted by Gasteiger charge is 2.26. The number of nitrogens with two attached hydrogens (primary N) is 1. The first kappa shape index (κ1) is 17.4. The first-order valence-corrected chi connectivity index (χ1v) is 7.80. The summed E-state index contributed by atoms with van der Waals surface area (Å²) in [6.07, 6.45) is 4.68. The van der Waals surface area contributed by atoms with Gasteiger partial charge in [0.15, 0.2) is 0 Å². The van der Waals surface area contributed by atoms with E-state index in [0.29, 0.717) is 12.5 Å². The average Bonchev–Trinajstić information content (AvgIpc) is 2.45. The molecule has 1 aliphatic rings. The molecule has 20 heavy (non-hydrogen) atoms. The number of carbonyl (C=O) groups excluding carboxylic acids is 1. The summed E-state index contributed by atoms with van der Waals surface area (Å²) in [5.74, 6) is 0.740. The predicted octanol–water partition coefficient (Wildman–Crippen LogP) is 0.931. The Morgan fingerprint density at radius 1 is 1.45 bits per heavy atom. The third-order valence-electron chi connectivity index (χ3n) is 4.05. The van der Waals surface area contributed by atoms with E-state index < -0.39 is 6.04 Å². The minimum Gasteiger partial charge on any atom is -0.383 e. The summed E-state index contributed by atoms with van der Waals surface area (Å²) in [6.45, 7) is 6.52. The van der Waals surface area contributed by atoms with Gasteiger partial charge < -0.3 is 20.3 Å². The zero-order chi connectivity index (χ0) is 15.0. The van der Waals surface area contributed by atoms with Crippen molar-refractivity contribution in [3.63, 3.8) is 0 Å². The Morgan fingerprint density at radius 3 is 2.65 bits per heavy atom. The van der Waals surface area contributed by atoms with Crippen LogP contribution >= 0.6 is 0 Å². The molecule has 1 atom stereocenters. The van der Waals surface area contributed by atoms with Gasteiger partial charge in [0.25, 0.3) is 0 Å². The van der Waals surface area contributed by atoms with Gasteiger partial charge in [-0.2, -0.15) is 0 Å². The van der Waals surface area contributed by atoms with E-state index in [1.807, 2.05) is 4.90 Å². The van der Waals surface area contributed by atoms with Crippen LogP contribution in [0.1, 0.15) is 32.6 Å². The molecule has 0 radical (unpaired) electrons. The van der Waals surface area contributed by atoms with E-state index in [0.717, 1.165) is 32.5 Å². The maximum absolute atomic E-state index is 12.1. The lowest BCUT2D eigenvalue weighted by Gasteiger charge is -2.35. The highest BCUT2D eigenvalue weighted by Crippen LogP contribution is 2.18. The number of methoxy groups -OCH3 is 1. The van der Waals surface area contributed by atoms with Crippen LogP contribution in [0.15, 0.2) is 0 Å². The topological polar surface area (TPSA) is 58.8 Å². The maximum atomic E-state index is 12.1. The Balaban J connectivity index is 2.27. The lowest BCUT2D eigenvalue weighted by molar-refractivity contribution is -0.135. The second-order valence-electron chi connectivity index (χ2n) is 5.95. The number of rotatable bonds is 8. The van der Waals surface area contributed by atoms with E-state index >= 15 is 0 Å². The molecule has 0 aromatic heterocycles. The molecule has 0 aromatic rings. The SMILES string of the molecule is CCCCN(C)CC1CCN(C(=O)C(N)COC)CC1. The number of unbranched alkanes of at least 4 members (excludes halogenated alkanes) is 1. The highest BCUT2D eigenvalue weighted by molar-refractivity contribution is 5.81. The number of piperidine rings is 1. The molecule has 1 rings (SSSR count). The summed E-state index contributed by atoms with van der Waals surface area (Å²) in [7, 11) is 3.77. The Hall–Kier alpha value is -0.650. The Labute approximate surface area is 123 Å². The molecule has 1 amide bonds. The van der Waals surface area contributed by atoms with Crippen molar-refractivity contribution >= 4 is 5.91 Å². The van der Waals surface area contributed by atoms with Crippen LogP contribution in [0.3, 0.4) is 0 Å². The fraction of sp³-hybridized carbons (Fsp3) is 0.933. The van der Waals surface area contributed by atoms with Crippen LogP contribution < -0.4 is 5.73 Å². The maximum Gasteiger partial charge on any atom is 0.241 e. The molecular formula is C15H31N3O2. The Bertz CT molecular complexity index is 278. The number of hydrogen-bond acceptors (Lipinski definition) is 4. The molecule has 0 saturated carbocycles. The van der Waals surface area contributed by atoms with Gasteiger partial charge in [-0.25, -0.2) is 0 Å². The Morgan fingerprint density at radius 2 is 2.10 bits per heavy atom. The molecule has 1 saturated heterocycles. The van der Waals surface area contributed by atoms with Gasteiger partial charge in [-0.1, -0.05) is 13.3 Å². The number of ether oxygens (including phenoxy) is 1. The molecule has 1 unspecified atom stereocenters. The summed E-state index contributed by atoms with van der Waals surface area (Å²) in [6, 6.07) is -0.510. The largest absolute Gasteiger partial charge is 0.383 e. The van der Waals surface area contributed by atoms with Crippen LogP contribution in [0.4, 0.5) is 0 Å². The number of carbonyl (C=O) groups is 1. The minimum absolute atomic E-state index is 0.0321. The van der Waals surface area contributed by atoms with Crippen LogP contribution in [-0.2, 0) is 9.53 Å². The number of likely N-dealkylation sites (tertiary alicyclic amines) is 1. The van der Waals surface area contributed by atoms with Crippen LogP contribution in [0.5, 0.6) is 0 Å². The van der Waals surface area contributed by atoms with Crippen molar-refractivity contribution in [1.29, 1.82) is 0 Å². The van der Waals surface area contributed by atoms with Gasteiger partial charge in [0.1, 0.15) is 6.04 Å². The van der Waals surface area contributed by atoms with Gasteiger partial charge in [0, 0.05) is 26.7 Å². The van der Waals surface area contributed by atoms with Crippen LogP contribution in [-0.4, -0.2) is 68.7 Å². The van der Waals surface area contributed by atoms with E-state index in [4.69, 9.17) is 10.5 Å². The highest BCUT2D eigenvalue weighted by atomic mass is 16.5. The van der Waals surface area contributed by atoms with Gasteiger partial charge in [-0.3, -0.25) is 4.79 Å². The number of amides is 1. The quantitative estimate of drug-likeness (QED) is 0.721. The molecule has 118 valence electrons. The van der Waals surface area contributed by atoms with Gasteiger partial charge >= 0.3 is 0 Å². The van der Waals surface area contributed by atoms with Crippen molar-refractivity contribution in [2.75, 3.05) is 46.9 Å². The normalized spacial score (nSPS) is 18.6. The minimum atomic E-state index is -0.510. The van der Waals surface area contributed by atoms with Crippen molar-refractivity contribution in [2.45, 2.75) is 38.6 Å². The summed E-state index contributed by atoms with van der Waals surface area (Å²) in [5, 5.41) is 0. The molecular weight excluding hydrogens is 254 g/mol. The van der Waals surface area contributed by atoms with E-state index in [9.17, 15) is 4.79 Å². The summed E-state index contributed by atoms with van der Waals surface area (Å²) >= 11 is 0. The zero-order valence-corrected chi connectivity index (χ0v) is 13.3. The van der Waals surface area contributed by atoms with Gasteiger partial charge in [-0.05, 0) is 38.8 Å². The number of nitrogens with zero attached hydrogens (tertiary/aromatic N) is 2. The molecule has 5 nitrogen and oxygen atoms in total. The molecule has 1 heterocycles. The molecule has 1 aliphatic heterocycles. The lowest BCUT2D eigenvalue weighted by Crippen LogP contribution is -2.49. The molecule has 0 spiro atoms. The molecule has 1 fully saturated rings. The first-order valence-electron chi connectivity index (χ1n) is 7.80. The molecule has 0 aromatic carbocycles. The van der Waals surface area contributed by atoms with Gasteiger partial charge in [-0.15, -0.1) is 0 Å². The van der Waals surface area contributed by atoms with E-state index in [-0.39, 0.29) is 5.91 Å². The van der Waals surface area contributed by atoms with Crippen molar-refractivity contribution in [3.8, 4) is 0 Å². The lowest BCUT2D eigenvalue weighted by atomic mass is 9.95. The monoisotopic (exact) mass is 285 g/mol. The third-order valence-corrected chi connectivity index (χ3v) is 4.05. The molecule has 0 aliphatic carbocycles. The molecule has 2 N–H and O–H groups in total. The first-order chi connectivity index (χ1) is 9.58. The van der Waals surface area contributed by atoms with Crippen LogP contribution in [0, 0.1) is 5.92 Å². The third kappa shape index (κ3) is 5.77. The number of hydrogen-bond donors (Lipinski definition) is 1. The standard InChI is InChI=1S/C15H31N3O2/c1-4-5-8-17(2)11-13-6-9-18(10-7-13)15(19)14(16)12-20-3/h13-14H,4-12,16H2,1-3H3. The summed E-state index contributed by atoms with van der Waals surface area (Å²) in [5.41, 5.74) is 5.80. The Kier molecular flexibility index (Phi) is 8.11. The second-order valence-corrected chi connectivity index (χ2v) is 5.95. The average molecular weight is 285 g/mol. The van der Waals surface area contributed by atoms with Gasteiger partial charge in [0.2, 0.25) is 5.91 Å². The zero-order valence-electron chi connectivity index (χ0n) is 13.3. The summed E-state index contributed by atoms with van der Waals surface area (Å²) < 4.78 is 4.95. The fourth-order valence-corrected chi connectivity index (χ4v) is 2.78. The predicted molar refractivity (Wildman–Crippen MR) is 81.6 cm³/mol. The van der Waals surface area contributed by atoms with E-state index in [2.05, 4.69) is 18.9 Å². The fourth-order valence-electron chi connectivity index (χ4n) is 2.78. The smallest absolute Gasteiger partial charge is 0.241 e. The van der Waals surface area contributed by atoms with Crippen molar-refractivity contribution in [3.05, 3.63) is 0 Å². The summed E-state index contributed by atoms with van der Waals surface area (Å²) in [4.78, 5) is 16.4. The molecule has 5 heteroatoms. The van der Waals surface area contributed by atoms with Crippen LogP contribution in [0.25, 0.3) is 0 Å². The van der Waals surface area contributed by atoms with E-state index in [1.165, 1.54) is 19.4 Å². The van der Waals surface area contributed by atoms with Crippen molar-refractivity contribution < 1.29 is 9.53 Å². The van der Waals surface area contributed by atoms with Gasteiger partial charge in [0.05, 0.1) is 6.61 Å². The van der Waals surface area contributed by atoms with Crippen molar-refractivity contribution in [2.24, 2.45) is 11.7 Å². The van der Waals surface area contributed by atoms with Crippen molar-refractivity contribution in [1.82, 2.24) is 9.80 Å². The second kappa shape index (κ2) is 9.32. The van der Waals surface area contributed by atoms with E-state index in [1.54, 1.807) is 7.11 Å². The van der Waals surface area contributed by atoms with Crippen LogP contribution in [0.2, 0.25) is 0 Å². The molecule has 0 bridgehead atoms.